The highest BCUT2D eigenvalue weighted by atomic mass is 16.5. The van der Waals surface area contributed by atoms with Crippen LogP contribution >= 0.6 is 0 Å². The van der Waals surface area contributed by atoms with Crippen molar-refractivity contribution in [1.29, 1.82) is 0 Å². The van der Waals surface area contributed by atoms with E-state index in [9.17, 15) is 4.79 Å². The minimum absolute atomic E-state index is 0.153. The van der Waals surface area contributed by atoms with Gasteiger partial charge in [-0.05, 0) is 43.0 Å². The predicted octanol–water partition coefficient (Wildman–Crippen LogP) is 3.34. The van der Waals surface area contributed by atoms with E-state index in [0.29, 0.717) is 6.42 Å². The first-order valence-electron chi connectivity index (χ1n) is 10.1. The van der Waals surface area contributed by atoms with Crippen LogP contribution in [0.25, 0.3) is 11.0 Å². The Kier molecular flexibility index (Phi) is 4.20. The van der Waals surface area contributed by atoms with E-state index in [1.807, 2.05) is 18.2 Å². The summed E-state index contributed by atoms with van der Waals surface area (Å²) < 4.78 is 5.42. The third-order valence-corrected chi connectivity index (χ3v) is 6.33. The van der Waals surface area contributed by atoms with Crippen LogP contribution in [0.5, 0.6) is 0 Å². The first kappa shape index (κ1) is 17.4. The summed E-state index contributed by atoms with van der Waals surface area (Å²) >= 11 is 0. The maximum atomic E-state index is 12.4. The summed E-state index contributed by atoms with van der Waals surface area (Å²) in [6, 6.07) is 14.6. The van der Waals surface area contributed by atoms with E-state index in [2.05, 4.69) is 46.6 Å². The topological polar surface area (TPSA) is 58.4 Å². The molecule has 3 heterocycles. The predicted molar refractivity (Wildman–Crippen MR) is 108 cm³/mol. The molecule has 1 N–H and O–H groups in total. The van der Waals surface area contributed by atoms with E-state index in [1.165, 1.54) is 16.7 Å². The van der Waals surface area contributed by atoms with Gasteiger partial charge in [-0.1, -0.05) is 41.1 Å². The van der Waals surface area contributed by atoms with Gasteiger partial charge in [0.25, 0.3) is 0 Å². The number of nitrogens with zero attached hydrogens (tertiary/aromatic N) is 2. The van der Waals surface area contributed by atoms with Gasteiger partial charge in [0.15, 0.2) is 5.58 Å². The van der Waals surface area contributed by atoms with Crippen LogP contribution in [0.1, 0.15) is 35.2 Å². The Hall–Kier alpha value is -2.66. The van der Waals surface area contributed by atoms with Crippen LogP contribution in [-0.4, -0.2) is 35.6 Å². The normalized spacial score (nSPS) is 19.0. The number of rotatable bonds is 3. The largest absolute Gasteiger partial charge is 0.356 e. The Morgan fingerprint density at radius 3 is 2.86 bits per heavy atom. The summed E-state index contributed by atoms with van der Waals surface area (Å²) in [5.41, 5.74) is 5.43. The van der Waals surface area contributed by atoms with Crippen LogP contribution in [0.2, 0.25) is 0 Å². The number of hydrogen-bond donors (Lipinski definition) is 1. The Morgan fingerprint density at radius 1 is 1.18 bits per heavy atom. The molecule has 28 heavy (non-hydrogen) atoms. The number of hydrogen-bond acceptors (Lipinski definition) is 4. The molecule has 5 heteroatoms. The first-order chi connectivity index (χ1) is 13.6. The van der Waals surface area contributed by atoms with Crippen LogP contribution in [0.15, 0.2) is 47.0 Å². The van der Waals surface area contributed by atoms with Gasteiger partial charge in [0, 0.05) is 31.4 Å². The van der Waals surface area contributed by atoms with Gasteiger partial charge in [0.1, 0.15) is 0 Å². The van der Waals surface area contributed by atoms with Gasteiger partial charge in [-0.2, -0.15) is 0 Å². The summed E-state index contributed by atoms with van der Waals surface area (Å²) in [4.78, 5) is 14.8. The maximum Gasteiger partial charge on any atom is 0.225 e. The molecule has 1 amide bonds. The molecule has 144 valence electrons. The van der Waals surface area contributed by atoms with Gasteiger partial charge in [-0.25, -0.2) is 0 Å². The molecule has 0 radical (unpaired) electrons. The summed E-state index contributed by atoms with van der Waals surface area (Å²) in [6.45, 7) is 5.00. The zero-order chi connectivity index (χ0) is 19.1. The molecular weight excluding hydrogens is 350 g/mol. The molecular formula is C23H25N3O2. The molecule has 0 atom stereocenters. The molecule has 2 aliphatic rings. The number of aromatic nitrogens is 1. The summed E-state index contributed by atoms with van der Waals surface area (Å²) in [6.07, 6.45) is 3.29. The fourth-order valence-corrected chi connectivity index (χ4v) is 4.82. The first-order valence-corrected chi connectivity index (χ1v) is 10.1. The molecule has 0 saturated carbocycles. The minimum Gasteiger partial charge on any atom is -0.356 e. The number of aryl methyl sites for hydroxylation is 1. The van der Waals surface area contributed by atoms with Gasteiger partial charge in [0.05, 0.1) is 17.7 Å². The number of benzene rings is 2. The summed E-state index contributed by atoms with van der Waals surface area (Å²) in [5.74, 6) is 0.153. The van der Waals surface area contributed by atoms with Crippen molar-refractivity contribution in [2.24, 2.45) is 0 Å². The highest BCUT2D eigenvalue weighted by Gasteiger charge is 2.41. The number of carbonyl (C=O) groups excluding carboxylic acids is 1. The monoisotopic (exact) mass is 375 g/mol. The van der Waals surface area contributed by atoms with Crippen molar-refractivity contribution < 1.29 is 9.32 Å². The summed E-state index contributed by atoms with van der Waals surface area (Å²) in [7, 11) is 0. The minimum atomic E-state index is -0.199. The van der Waals surface area contributed by atoms with Gasteiger partial charge in [0.2, 0.25) is 5.91 Å². The molecule has 1 saturated heterocycles. The molecule has 2 aliphatic heterocycles. The molecule has 1 aromatic heterocycles. The lowest BCUT2D eigenvalue weighted by Gasteiger charge is -2.45. The molecule has 5 nitrogen and oxygen atoms in total. The number of carbonyl (C=O) groups is 1. The Balaban J connectivity index is 1.28. The Labute approximate surface area is 164 Å². The number of amides is 1. The van der Waals surface area contributed by atoms with Crippen molar-refractivity contribution in [3.05, 3.63) is 64.8 Å². The van der Waals surface area contributed by atoms with Crippen LogP contribution in [0.3, 0.4) is 0 Å². The third-order valence-electron chi connectivity index (χ3n) is 6.33. The second kappa shape index (κ2) is 6.74. The smallest absolute Gasteiger partial charge is 0.225 e. The van der Waals surface area contributed by atoms with Crippen molar-refractivity contribution in [3.8, 4) is 0 Å². The Morgan fingerprint density at radius 2 is 2.00 bits per heavy atom. The average Bonchev–Trinajstić information content (AvgIpc) is 3.10. The zero-order valence-corrected chi connectivity index (χ0v) is 16.2. The molecule has 1 fully saturated rings. The van der Waals surface area contributed by atoms with Crippen molar-refractivity contribution >= 4 is 16.9 Å². The zero-order valence-electron chi connectivity index (χ0n) is 16.2. The molecule has 0 unspecified atom stereocenters. The van der Waals surface area contributed by atoms with Crippen LogP contribution in [0.4, 0.5) is 0 Å². The second-order valence-corrected chi connectivity index (χ2v) is 8.18. The molecule has 5 rings (SSSR count). The van der Waals surface area contributed by atoms with E-state index in [1.54, 1.807) is 0 Å². The fourth-order valence-electron chi connectivity index (χ4n) is 4.82. The van der Waals surface area contributed by atoms with E-state index in [0.717, 1.165) is 55.6 Å². The van der Waals surface area contributed by atoms with Gasteiger partial charge >= 0.3 is 0 Å². The van der Waals surface area contributed by atoms with Crippen molar-refractivity contribution in [2.45, 2.75) is 38.1 Å². The maximum absolute atomic E-state index is 12.4. The van der Waals surface area contributed by atoms with E-state index < -0.39 is 0 Å². The molecule has 1 spiro atoms. The third kappa shape index (κ3) is 3.00. The Bertz CT molecular complexity index is 1030. The number of likely N-dealkylation sites (tertiary alicyclic amines) is 1. The number of para-hydroxylation sites is 1. The number of nitrogens with one attached hydrogen (secondary N) is 1. The standard InChI is InChI=1S/C23H25N3O2/c1-16-6-7-19-17(14-16)15-22(27)24-23(19)9-12-26(13-10-23)11-8-20-18-4-2-3-5-21(18)28-25-20/h2-7,14H,8-13,15H2,1H3,(H,24,27). The van der Waals surface area contributed by atoms with Gasteiger partial charge < -0.3 is 14.7 Å². The second-order valence-electron chi connectivity index (χ2n) is 8.18. The van der Waals surface area contributed by atoms with Crippen molar-refractivity contribution in [3.63, 3.8) is 0 Å². The van der Waals surface area contributed by atoms with Crippen molar-refractivity contribution in [1.82, 2.24) is 15.4 Å². The molecule has 0 bridgehead atoms. The molecule has 0 aliphatic carbocycles. The van der Waals surface area contributed by atoms with E-state index in [-0.39, 0.29) is 11.4 Å². The van der Waals surface area contributed by atoms with Crippen molar-refractivity contribution in [2.75, 3.05) is 19.6 Å². The highest BCUT2D eigenvalue weighted by Crippen LogP contribution is 2.38. The lowest BCUT2D eigenvalue weighted by Crippen LogP contribution is -2.56. The van der Waals surface area contributed by atoms with E-state index in [4.69, 9.17) is 4.52 Å². The lowest BCUT2D eigenvalue weighted by atomic mass is 9.75. The van der Waals surface area contributed by atoms with Gasteiger partial charge in [-0.15, -0.1) is 0 Å². The SMILES string of the molecule is Cc1ccc2c(c1)CC(=O)NC21CCN(CCc2noc3ccccc23)CC1. The molecule has 3 aromatic rings. The number of fused-ring (bicyclic) bond motifs is 3. The number of piperidine rings is 1. The van der Waals surface area contributed by atoms with Crippen LogP contribution < -0.4 is 5.32 Å². The molecule has 2 aromatic carbocycles. The lowest BCUT2D eigenvalue weighted by molar-refractivity contribution is -0.124. The van der Waals surface area contributed by atoms with Gasteiger partial charge in [-0.3, -0.25) is 4.79 Å². The summed E-state index contributed by atoms with van der Waals surface area (Å²) in [5, 5.41) is 8.69. The highest BCUT2D eigenvalue weighted by molar-refractivity contribution is 5.82. The van der Waals surface area contributed by atoms with Crippen LogP contribution in [-0.2, 0) is 23.2 Å². The quantitative estimate of drug-likeness (QED) is 0.763. The van der Waals surface area contributed by atoms with E-state index >= 15 is 0 Å². The fraction of sp³-hybridized carbons (Fsp3) is 0.391. The van der Waals surface area contributed by atoms with Crippen LogP contribution in [0, 0.1) is 6.92 Å². The average molecular weight is 375 g/mol.